The third-order valence-corrected chi connectivity index (χ3v) is 5.71. The lowest BCUT2D eigenvalue weighted by Crippen LogP contribution is -2.11. The molecule has 1 aromatic heterocycles. The van der Waals surface area contributed by atoms with Crippen LogP contribution in [-0.2, 0) is 6.61 Å². The van der Waals surface area contributed by atoms with Gasteiger partial charge in [-0.2, -0.15) is 0 Å². The molecule has 1 heterocycles. The van der Waals surface area contributed by atoms with E-state index in [1.54, 1.807) is 0 Å². The zero-order valence-corrected chi connectivity index (χ0v) is 19.3. The van der Waals surface area contributed by atoms with Gasteiger partial charge in [0.2, 0.25) is 0 Å². The number of benzene rings is 4. The standard InChI is InChI=1S/C27H21ClN2O.HNO3/c28-23-12-8-20(9-13-23)18-31-24-14-10-22(11-15-24)27(30-17-16-29-19-30)26-7-3-5-21-4-1-2-6-25(21)26;2-1(3)4/h1-17,19,27H,18H2;(H,2,3,4). The maximum absolute atomic E-state index is 8.36. The van der Waals surface area contributed by atoms with Gasteiger partial charge in [-0.05, 0) is 51.7 Å². The van der Waals surface area contributed by atoms with Crippen LogP contribution in [0.3, 0.4) is 0 Å². The van der Waals surface area contributed by atoms with E-state index in [0.29, 0.717) is 6.61 Å². The molecule has 176 valence electrons. The molecule has 0 saturated heterocycles. The zero-order chi connectivity index (χ0) is 24.6. The summed E-state index contributed by atoms with van der Waals surface area (Å²) >= 11 is 5.96. The van der Waals surface area contributed by atoms with E-state index >= 15 is 0 Å². The highest BCUT2D eigenvalue weighted by atomic mass is 35.5. The summed E-state index contributed by atoms with van der Waals surface area (Å²) in [6.07, 6.45) is 5.70. The van der Waals surface area contributed by atoms with Gasteiger partial charge in [-0.3, -0.25) is 0 Å². The van der Waals surface area contributed by atoms with E-state index in [-0.39, 0.29) is 6.04 Å². The fourth-order valence-corrected chi connectivity index (χ4v) is 4.04. The summed E-state index contributed by atoms with van der Waals surface area (Å²) in [5, 5.41) is 16.8. The maximum atomic E-state index is 8.36. The van der Waals surface area contributed by atoms with Crippen molar-refractivity contribution in [2.45, 2.75) is 12.6 Å². The first-order valence-electron chi connectivity index (χ1n) is 10.8. The normalized spacial score (nSPS) is 11.3. The van der Waals surface area contributed by atoms with Crippen molar-refractivity contribution in [2.24, 2.45) is 0 Å². The van der Waals surface area contributed by atoms with E-state index in [1.807, 2.05) is 55.1 Å². The summed E-state index contributed by atoms with van der Waals surface area (Å²) < 4.78 is 8.12. The Bertz CT molecular complexity index is 1380. The SMILES string of the molecule is Clc1ccc(COc2ccc(C(c3cccc4ccccc34)n3ccnc3)cc2)cc1.O=[N+]([O-])O. The molecule has 0 aliphatic rings. The van der Waals surface area contributed by atoms with E-state index in [0.717, 1.165) is 16.3 Å². The summed E-state index contributed by atoms with van der Waals surface area (Å²) in [5.74, 6) is 0.834. The molecule has 0 fully saturated rings. The van der Waals surface area contributed by atoms with Gasteiger partial charge in [-0.1, -0.05) is 78.3 Å². The van der Waals surface area contributed by atoms with Crippen molar-refractivity contribution < 1.29 is 15.0 Å². The Labute approximate surface area is 206 Å². The summed E-state index contributed by atoms with van der Waals surface area (Å²) in [5.41, 5.74) is 3.50. The molecule has 5 aromatic rings. The molecule has 0 aliphatic heterocycles. The summed E-state index contributed by atoms with van der Waals surface area (Å²) in [6.45, 7) is 0.505. The van der Waals surface area contributed by atoms with Crippen molar-refractivity contribution in [2.75, 3.05) is 0 Å². The second-order valence-electron chi connectivity index (χ2n) is 7.70. The number of aromatic nitrogens is 2. The number of rotatable bonds is 6. The predicted molar refractivity (Wildman–Crippen MR) is 134 cm³/mol. The highest BCUT2D eigenvalue weighted by Crippen LogP contribution is 2.33. The van der Waals surface area contributed by atoms with Crippen molar-refractivity contribution in [3.05, 3.63) is 142 Å². The molecule has 0 bridgehead atoms. The highest BCUT2D eigenvalue weighted by Gasteiger charge is 2.18. The largest absolute Gasteiger partial charge is 0.489 e. The van der Waals surface area contributed by atoms with Crippen LogP contribution < -0.4 is 4.74 Å². The molecule has 8 heteroatoms. The molecule has 4 aromatic carbocycles. The van der Waals surface area contributed by atoms with Crippen molar-refractivity contribution in [3.8, 4) is 5.75 Å². The second kappa shape index (κ2) is 11.2. The fourth-order valence-electron chi connectivity index (χ4n) is 3.92. The number of fused-ring (bicyclic) bond motifs is 1. The lowest BCUT2D eigenvalue weighted by atomic mass is 9.93. The third-order valence-electron chi connectivity index (χ3n) is 5.46. The van der Waals surface area contributed by atoms with Gasteiger partial charge in [0.05, 0.1) is 12.4 Å². The molecular weight excluding hydrogens is 466 g/mol. The van der Waals surface area contributed by atoms with Crippen molar-refractivity contribution >= 4 is 22.4 Å². The molecule has 5 rings (SSSR count). The van der Waals surface area contributed by atoms with Crippen LogP contribution in [0.25, 0.3) is 10.8 Å². The molecule has 35 heavy (non-hydrogen) atoms. The molecule has 0 saturated carbocycles. The van der Waals surface area contributed by atoms with Gasteiger partial charge in [-0.15, -0.1) is 10.1 Å². The maximum Gasteiger partial charge on any atom is 0.291 e. The first-order chi connectivity index (χ1) is 17.0. The molecular formula is C27H22ClN3O4. The topological polar surface area (TPSA) is 90.4 Å². The van der Waals surface area contributed by atoms with Crippen LogP contribution in [0.15, 0.2) is 110 Å². The minimum atomic E-state index is -1.50. The summed E-state index contributed by atoms with van der Waals surface area (Å²) in [6, 6.07) is 31.0. The zero-order valence-electron chi connectivity index (χ0n) is 18.6. The van der Waals surface area contributed by atoms with Crippen LogP contribution in [-0.4, -0.2) is 19.8 Å². The molecule has 0 amide bonds. The molecule has 1 unspecified atom stereocenters. The van der Waals surface area contributed by atoms with Crippen LogP contribution in [0.2, 0.25) is 5.02 Å². The van der Waals surface area contributed by atoms with Crippen molar-refractivity contribution in [3.63, 3.8) is 0 Å². The number of ether oxygens (including phenoxy) is 1. The number of imidazole rings is 1. The Kier molecular flexibility index (Phi) is 7.60. The van der Waals surface area contributed by atoms with E-state index in [4.69, 9.17) is 31.7 Å². The van der Waals surface area contributed by atoms with Crippen LogP contribution in [0, 0.1) is 10.1 Å². The Hall–Kier alpha value is -4.36. The number of hydrogen-bond acceptors (Lipinski definition) is 4. The molecule has 0 aliphatic carbocycles. The summed E-state index contributed by atoms with van der Waals surface area (Å²) in [4.78, 5) is 12.7. The first-order valence-corrected chi connectivity index (χ1v) is 11.1. The smallest absolute Gasteiger partial charge is 0.291 e. The minimum absolute atomic E-state index is 0.0268. The number of halogens is 1. The lowest BCUT2D eigenvalue weighted by molar-refractivity contribution is -0.742. The predicted octanol–water partition coefficient (Wildman–Crippen LogP) is 6.56. The molecule has 0 radical (unpaired) electrons. The fraction of sp³-hybridized carbons (Fsp3) is 0.0741. The quantitative estimate of drug-likeness (QED) is 0.216. The van der Waals surface area contributed by atoms with Gasteiger partial charge >= 0.3 is 0 Å². The Balaban J connectivity index is 0.000000672. The van der Waals surface area contributed by atoms with E-state index in [9.17, 15) is 0 Å². The van der Waals surface area contributed by atoms with Crippen LogP contribution in [0.1, 0.15) is 22.7 Å². The van der Waals surface area contributed by atoms with E-state index in [2.05, 4.69) is 64.1 Å². The van der Waals surface area contributed by atoms with Crippen LogP contribution in [0.5, 0.6) is 5.75 Å². The number of nitrogens with zero attached hydrogens (tertiary/aromatic N) is 3. The molecule has 1 atom stereocenters. The van der Waals surface area contributed by atoms with Crippen LogP contribution in [0.4, 0.5) is 0 Å². The van der Waals surface area contributed by atoms with Gasteiger partial charge in [0, 0.05) is 17.4 Å². The monoisotopic (exact) mass is 487 g/mol. The average molecular weight is 488 g/mol. The van der Waals surface area contributed by atoms with Gasteiger partial charge < -0.3 is 14.5 Å². The Morgan fingerprint density at radius 3 is 2.34 bits per heavy atom. The highest BCUT2D eigenvalue weighted by molar-refractivity contribution is 6.30. The molecule has 1 N–H and O–H groups in total. The van der Waals surface area contributed by atoms with Gasteiger partial charge in [0.25, 0.3) is 5.09 Å². The Morgan fingerprint density at radius 2 is 1.66 bits per heavy atom. The van der Waals surface area contributed by atoms with Gasteiger partial charge in [0.15, 0.2) is 0 Å². The third kappa shape index (κ3) is 6.16. The summed E-state index contributed by atoms with van der Waals surface area (Å²) in [7, 11) is 0. The minimum Gasteiger partial charge on any atom is -0.489 e. The van der Waals surface area contributed by atoms with Gasteiger partial charge in [-0.25, -0.2) is 4.98 Å². The van der Waals surface area contributed by atoms with E-state index in [1.165, 1.54) is 21.9 Å². The van der Waals surface area contributed by atoms with Gasteiger partial charge in [0.1, 0.15) is 12.4 Å². The number of hydrogen-bond donors (Lipinski definition) is 1. The van der Waals surface area contributed by atoms with Crippen molar-refractivity contribution in [1.29, 1.82) is 0 Å². The molecule has 7 nitrogen and oxygen atoms in total. The van der Waals surface area contributed by atoms with E-state index < -0.39 is 5.09 Å². The lowest BCUT2D eigenvalue weighted by Gasteiger charge is -2.22. The molecule has 0 spiro atoms. The van der Waals surface area contributed by atoms with Crippen LogP contribution >= 0.6 is 11.6 Å². The van der Waals surface area contributed by atoms with Crippen molar-refractivity contribution in [1.82, 2.24) is 9.55 Å². The second-order valence-corrected chi connectivity index (χ2v) is 8.14. The first kappa shape index (κ1) is 23.8. The Morgan fingerprint density at radius 1 is 0.971 bits per heavy atom. The average Bonchev–Trinajstić information content (AvgIpc) is 3.39.